The Morgan fingerprint density at radius 3 is 2.65 bits per heavy atom. The quantitative estimate of drug-likeness (QED) is 0.851. The highest BCUT2D eigenvalue weighted by atomic mass is 35.5. The molecule has 0 spiro atoms. The zero-order chi connectivity index (χ0) is 16.8. The predicted octanol–water partition coefficient (Wildman–Crippen LogP) is 3.51. The summed E-state index contributed by atoms with van der Waals surface area (Å²) < 4.78 is 17.9. The Morgan fingerprint density at radius 1 is 1.22 bits per heavy atom. The Bertz CT molecular complexity index is 720. The van der Waals surface area contributed by atoms with Gasteiger partial charge < -0.3 is 10.1 Å². The van der Waals surface area contributed by atoms with E-state index < -0.39 is 24.3 Å². The van der Waals surface area contributed by atoms with Gasteiger partial charge in [0.1, 0.15) is 5.82 Å². The number of amides is 1. The van der Waals surface area contributed by atoms with Crippen LogP contribution >= 0.6 is 11.6 Å². The summed E-state index contributed by atoms with van der Waals surface area (Å²) in [4.78, 5) is 23.5. The van der Waals surface area contributed by atoms with E-state index in [9.17, 15) is 14.0 Å². The van der Waals surface area contributed by atoms with Crippen molar-refractivity contribution in [2.45, 2.75) is 13.0 Å². The van der Waals surface area contributed by atoms with Crippen LogP contribution in [0.25, 0.3) is 0 Å². The van der Waals surface area contributed by atoms with Crippen molar-refractivity contribution in [1.29, 1.82) is 0 Å². The van der Waals surface area contributed by atoms with E-state index in [2.05, 4.69) is 5.32 Å². The summed E-state index contributed by atoms with van der Waals surface area (Å²) in [6.45, 7) is 1.35. The maximum atomic E-state index is 13.0. The van der Waals surface area contributed by atoms with Gasteiger partial charge >= 0.3 is 5.97 Å². The van der Waals surface area contributed by atoms with Crippen molar-refractivity contribution in [2.24, 2.45) is 0 Å². The molecular formula is C17H15ClFNO3. The molecule has 2 rings (SSSR count). The number of halogens is 2. The SMILES string of the molecule is C[C@@H](NC(=O)COC(=O)c1cccc(F)c1)c1cccc(Cl)c1. The van der Waals surface area contributed by atoms with Crippen molar-refractivity contribution in [1.82, 2.24) is 5.32 Å². The lowest BCUT2D eigenvalue weighted by molar-refractivity contribution is -0.124. The zero-order valence-electron chi connectivity index (χ0n) is 12.4. The summed E-state index contributed by atoms with van der Waals surface area (Å²) in [6.07, 6.45) is 0. The normalized spacial score (nSPS) is 11.6. The van der Waals surface area contributed by atoms with E-state index in [1.165, 1.54) is 18.2 Å². The van der Waals surface area contributed by atoms with Gasteiger partial charge in [-0.3, -0.25) is 4.79 Å². The largest absolute Gasteiger partial charge is 0.452 e. The van der Waals surface area contributed by atoms with Crippen molar-refractivity contribution in [2.75, 3.05) is 6.61 Å². The van der Waals surface area contributed by atoms with Gasteiger partial charge in [0.05, 0.1) is 11.6 Å². The van der Waals surface area contributed by atoms with Crippen molar-refractivity contribution in [3.63, 3.8) is 0 Å². The summed E-state index contributed by atoms with van der Waals surface area (Å²) in [5.41, 5.74) is 0.892. The summed E-state index contributed by atoms with van der Waals surface area (Å²) in [6, 6.07) is 11.9. The lowest BCUT2D eigenvalue weighted by Gasteiger charge is -2.14. The van der Waals surface area contributed by atoms with Gasteiger partial charge in [0.2, 0.25) is 0 Å². The van der Waals surface area contributed by atoms with Gasteiger partial charge in [-0.15, -0.1) is 0 Å². The fraction of sp³-hybridized carbons (Fsp3) is 0.176. The van der Waals surface area contributed by atoms with Crippen LogP contribution in [0.4, 0.5) is 4.39 Å². The highest BCUT2D eigenvalue weighted by molar-refractivity contribution is 6.30. The molecule has 0 aliphatic rings. The fourth-order valence-corrected chi connectivity index (χ4v) is 2.17. The van der Waals surface area contributed by atoms with Gasteiger partial charge in [-0.2, -0.15) is 0 Å². The Labute approximate surface area is 138 Å². The van der Waals surface area contributed by atoms with Gasteiger partial charge in [-0.25, -0.2) is 9.18 Å². The number of rotatable bonds is 5. The second-order valence-corrected chi connectivity index (χ2v) is 5.37. The van der Waals surface area contributed by atoms with Crippen LogP contribution in [0.5, 0.6) is 0 Å². The molecule has 0 aliphatic heterocycles. The standard InChI is InChI=1S/C17H15ClFNO3/c1-11(12-4-2-6-14(18)8-12)20-16(21)10-23-17(22)13-5-3-7-15(19)9-13/h2-9,11H,10H2,1H3,(H,20,21)/t11-/m1/s1. The van der Waals surface area contributed by atoms with E-state index in [1.54, 1.807) is 25.1 Å². The lowest BCUT2D eigenvalue weighted by atomic mass is 10.1. The molecule has 6 heteroatoms. The minimum Gasteiger partial charge on any atom is -0.452 e. The Kier molecular flexibility index (Phi) is 5.71. The molecule has 0 saturated heterocycles. The van der Waals surface area contributed by atoms with Crippen LogP contribution in [0.2, 0.25) is 5.02 Å². The maximum absolute atomic E-state index is 13.0. The number of carbonyl (C=O) groups excluding carboxylic acids is 2. The average molecular weight is 336 g/mol. The minimum absolute atomic E-state index is 0.0562. The molecule has 0 bridgehead atoms. The number of hydrogen-bond donors (Lipinski definition) is 1. The van der Waals surface area contributed by atoms with Crippen LogP contribution in [-0.2, 0) is 9.53 Å². The lowest BCUT2D eigenvalue weighted by Crippen LogP contribution is -2.31. The molecule has 0 heterocycles. The summed E-state index contributed by atoms with van der Waals surface area (Å²) in [7, 11) is 0. The second kappa shape index (κ2) is 7.74. The number of carbonyl (C=O) groups is 2. The molecule has 1 amide bonds. The third-order valence-electron chi connectivity index (χ3n) is 3.12. The average Bonchev–Trinajstić information content (AvgIpc) is 2.52. The van der Waals surface area contributed by atoms with Gasteiger partial charge in [0, 0.05) is 5.02 Å². The molecule has 0 aromatic heterocycles. The first kappa shape index (κ1) is 17.0. The van der Waals surface area contributed by atoms with Crippen LogP contribution in [0.3, 0.4) is 0 Å². The van der Waals surface area contributed by atoms with Crippen molar-refractivity contribution in [3.8, 4) is 0 Å². The number of nitrogens with one attached hydrogen (secondary N) is 1. The van der Waals surface area contributed by atoms with E-state index in [0.29, 0.717) is 5.02 Å². The van der Waals surface area contributed by atoms with Gasteiger partial charge in [-0.05, 0) is 42.8 Å². The van der Waals surface area contributed by atoms with E-state index in [4.69, 9.17) is 16.3 Å². The number of hydrogen-bond acceptors (Lipinski definition) is 3. The highest BCUT2D eigenvalue weighted by Gasteiger charge is 2.13. The molecule has 0 aliphatic carbocycles. The van der Waals surface area contributed by atoms with Crippen molar-refractivity contribution in [3.05, 3.63) is 70.5 Å². The van der Waals surface area contributed by atoms with Crippen molar-refractivity contribution >= 4 is 23.5 Å². The van der Waals surface area contributed by atoms with Crippen molar-refractivity contribution < 1.29 is 18.7 Å². The summed E-state index contributed by atoms with van der Waals surface area (Å²) in [5.74, 6) is -1.75. The number of ether oxygens (including phenoxy) is 1. The summed E-state index contributed by atoms with van der Waals surface area (Å²) >= 11 is 5.90. The van der Waals surface area contributed by atoms with E-state index >= 15 is 0 Å². The molecule has 2 aromatic carbocycles. The minimum atomic E-state index is -0.755. The molecule has 120 valence electrons. The van der Waals surface area contributed by atoms with Crippen LogP contribution in [-0.4, -0.2) is 18.5 Å². The number of benzene rings is 2. The smallest absolute Gasteiger partial charge is 0.338 e. The van der Waals surface area contributed by atoms with Crippen LogP contribution in [0.15, 0.2) is 48.5 Å². The predicted molar refractivity (Wildman–Crippen MR) is 84.7 cm³/mol. The molecule has 0 unspecified atom stereocenters. The first-order valence-corrected chi connectivity index (χ1v) is 7.31. The Balaban J connectivity index is 1.86. The molecule has 4 nitrogen and oxygen atoms in total. The zero-order valence-corrected chi connectivity index (χ0v) is 13.1. The first-order valence-electron chi connectivity index (χ1n) is 6.93. The van der Waals surface area contributed by atoms with E-state index in [1.807, 2.05) is 6.07 Å². The highest BCUT2D eigenvalue weighted by Crippen LogP contribution is 2.17. The van der Waals surface area contributed by atoms with Gasteiger partial charge in [0.25, 0.3) is 5.91 Å². The van der Waals surface area contributed by atoms with Gasteiger partial charge in [-0.1, -0.05) is 29.8 Å². The maximum Gasteiger partial charge on any atom is 0.338 e. The van der Waals surface area contributed by atoms with Crippen LogP contribution < -0.4 is 5.32 Å². The van der Waals surface area contributed by atoms with E-state index in [-0.39, 0.29) is 11.6 Å². The molecule has 1 atom stereocenters. The van der Waals surface area contributed by atoms with Crippen LogP contribution in [0.1, 0.15) is 28.9 Å². The third-order valence-corrected chi connectivity index (χ3v) is 3.36. The molecule has 1 N–H and O–H groups in total. The summed E-state index contributed by atoms with van der Waals surface area (Å²) in [5, 5.41) is 3.26. The second-order valence-electron chi connectivity index (χ2n) is 4.93. The van der Waals surface area contributed by atoms with E-state index in [0.717, 1.165) is 11.6 Å². The molecule has 23 heavy (non-hydrogen) atoms. The molecular weight excluding hydrogens is 321 g/mol. The topological polar surface area (TPSA) is 55.4 Å². The van der Waals surface area contributed by atoms with Gasteiger partial charge in [0.15, 0.2) is 6.61 Å². The molecule has 0 saturated carbocycles. The Morgan fingerprint density at radius 2 is 1.96 bits per heavy atom. The Hall–Kier alpha value is -2.40. The third kappa shape index (κ3) is 5.07. The fourth-order valence-electron chi connectivity index (χ4n) is 1.97. The molecule has 0 radical (unpaired) electrons. The van der Waals surface area contributed by atoms with Crippen LogP contribution in [0, 0.1) is 5.82 Å². The monoisotopic (exact) mass is 335 g/mol. The first-order chi connectivity index (χ1) is 11.0. The molecule has 0 fully saturated rings. The number of esters is 1. The molecule has 2 aromatic rings.